The number of nitrogens with two attached hydrogens (primary N) is 1. The highest BCUT2D eigenvalue weighted by molar-refractivity contribution is 6.11. The first kappa shape index (κ1) is 5.14. The van der Waals surface area contributed by atoms with E-state index in [1.807, 2.05) is 0 Å². The highest BCUT2D eigenvalue weighted by Crippen LogP contribution is 1.35. The van der Waals surface area contributed by atoms with Crippen LogP contribution in [0.5, 0.6) is 0 Å². The first-order chi connectivity index (χ1) is 2.77. The monoisotopic (exact) mass is 86.1 g/mol. The average molecular weight is 86.1 g/mol. The van der Waals surface area contributed by atoms with E-state index in [-0.39, 0.29) is 0 Å². The van der Waals surface area contributed by atoms with E-state index in [4.69, 9.17) is 11.3 Å². The fourth-order valence-electron chi connectivity index (χ4n) is 0.118. The lowest BCUT2D eigenvalue weighted by Gasteiger charge is -1.72. The van der Waals surface area contributed by atoms with Crippen LogP contribution in [0.25, 0.3) is 0 Å². The number of hydrazine groups is 1. The summed E-state index contributed by atoms with van der Waals surface area (Å²) in [5.74, 6) is 5.03. The van der Waals surface area contributed by atoms with Crippen molar-refractivity contribution in [3.63, 3.8) is 0 Å². The molecule has 0 fully saturated rings. The van der Waals surface area contributed by atoms with Crippen molar-refractivity contribution >= 4 is 12.4 Å². The van der Waals surface area contributed by atoms with Crippen molar-refractivity contribution in [2.45, 2.75) is 0 Å². The highest BCUT2D eigenvalue weighted by atomic mass is 15.3. The first-order valence-electron chi connectivity index (χ1n) is 1.59. The van der Waals surface area contributed by atoms with Gasteiger partial charge in [0, 0.05) is 0 Å². The predicted molar refractivity (Wildman–Crippen MR) is 25.2 cm³/mol. The molecule has 0 aliphatic rings. The molecule has 0 saturated carbocycles. The predicted octanol–water partition coefficient (Wildman–Crippen LogP) is -0.777. The van der Waals surface area contributed by atoms with Crippen LogP contribution in [-0.4, -0.2) is 24.2 Å². The summed E-state index contributed by atoms with van der Waals surface area (Å²) in [5, 5.41) is 6.43. The van der Waals surface area contributed by atoms with E-state index in [0.29, 0.717) is 0 Å². The van der Waals surface area contributed by atoms with Crippen molar-refractivity contribution < 1.29 is 4.68 Å². The molecule has 0 unspecified atom stereocenters. The van der Waals surface area contributed by atoms with Crippen LogP contribution in [0.3, 0.4) is 0 Å². The molecule has 0 aromatic rings. The van der Waals surface area contributed by atoms with Gasteiger partial charge in [0.15, 0.2) is 7.05 Å². The maximum Gasteiger partial charge on any atom is 0.210 e. The summed E-state index contributed by atoms with van der Waals surface area (Å²) in [4.78, 5) is 0. The molecule has 34 valence electrons. The largest absolute Gasteiger partial charge is 0.302 e. The second-order valence-electron chi connectivity index (χ2n) is 0.981. The van der Waals surface area contributed by atoms with Crippen molar-refractivity contribution in [3.8, 4) is 0 Å². The van der Waals surface area contributed by atoms with Gasteiger partial charge >= 0.3 is 0 Å². The number of hydrazone groups is 1. The number of hydrogen-bond donors (Lipinski definition) is 2. The Morgan fingerprint density at radius 2 is 2.33 bits per heavy atom. The number of rotatable bonds is 1. The van der Waals surface area contributed by atoms with Gasteiger partial charge in [0.25, 0.3) is 0 Å². The summed E-state index contributed by atoms with van der Waals surface area (Å²) in [6, 6.07) is 0. The zero-order valence-corrected chi connectivity index (χ0v) is 3.68. The quantitative estimate of drug-likeness (QED) is 0.187. The minimum absolute atomic E-state index is 1.12. The highest BCUT2D eigenvalue weighted by Gasteiger charge is 1.70. The van der Waals surface area contributed by atoms with Gasteiger partial charge in [-0.3, -0.25) is 0 Å². The molecule has 0 heterocycles. The van der Waals surface area contributed by atoms with Crippen LogP contribution in [0.15, 0.2) is 0 Å². The number of nitrogens with zero attached hydrogens (tertiary/aromatic N) is 1. The Balaban J connectivity index is 3.41. The smallest absolute Gasteiger partial charge is 0.210 e. The Hall–Kier alpha value is -0.860. The molecule has 0 spiro atoms. The molecule has 0 rings (SSSR count). The van der Waals surface area contributed by atoms with E-state index >= 15 is 0 Å². The zero-order valence-electron chi connectivity index (χ0n) is 3.68. The molecule has 0 aliphatic heterocycles. The van der Waals surface area contributed by atoms with Crippen LogP contribution in [0.2, 0.25) is 0 Å². The summed E-state index contributed by atoms with van der Waals surface area (Å²) in [5.41, 5.74) is 0. The third kappa shape index (κ3) is 3.14. The topological polar surface area (TPSA) is 52.9 Å². The average Bonchev–Trinajstić information content (AvgIpc) is 1.35. The molecule has 3 heteroatoms. The molecular formula is C3H8N3+. The molecular weight excluding hydrogens is 78.1 g/mol. The second kappa shape index (κ2) is 2.38. The van der Waals surface area contributed by atoms with E-state index < -0.39 is 0 Å². The molecule has 0 radical (unpaired) electrons. The summed E-state index contributed by atoms with van der Waals surface area (Å²) in [7, 11) is 1.66. The van der Waals surface area contributed by atoms with Crippen LogP contribution in [0, 0.1) is 5.41 Å². The second-order valence-corrected chi connectivity index (χ2v) is 0.981. The molecule has 0 amide bonds. The molecule has 0 atom stereocenters. The third-order valence-electron chi connectivity index (χ3n) is 0.310. The van der Waals surface area contributed by atoms with Gasteiger partial charge < -0.3 is 5.41 Å². The normalized spacial score (nSPS) is 11.2. The maximum atomic E-state index is 6.43. The van der Waals surface area contributed by atoms with Gasteiger partial charge in [-0.2, -0.15) is 0 Å². The minimum atomic E-state index is 1.12. The van der Waals surface area contributed by atoms with Gasteiger partial charge in [-0.15, -0.1) is 4.68 Å². The molecule has 0 aromatic carbocycles. The fraction of sp³-hybridized carbons (Fsp3) is 0.333. The Labute approximate surface area is 36.6 Å². The summed E-state index contributed by atoms with van der Waals surface area (Å²) in [6.45, 7) is 0. The SMILES string of the molecule is C[N+](N)=CC=N. The van der Waals surface area contributed by atoms with Gasteiger partial charge in [0.2, 0.25) is 6.21 Å². The molecule has 0 aliphatic carbocycles. The fourth-order valence-corrected chi connectivity index (χ4v) is 0.118. The molecule has 3 nitrogen and oxygen atoms in total. The van der Waals surface area contributed by atoms with Gasteiger partial charge in [-0.05, 0) is 0 Å². The van der Waals surface area contributed by atoms with Gasteiger partial charge in [0.05, 0.1) is 6.21 Å². The van der Waals surface area contributed by atoms with Crippen LogP contribution >= 0.6 is 0 Å². The van der Waals surface area contributed by atoms with Crippen molar-refractivity contribution in [2.75, 3.05) is 7.05 Å². The summed E-state index contributed by atoms with van der Waals surface area (Å²) >= 11 is 0. The number of nitrogens with one attached hydrogen (secondary N) is 1. The molecule has 0 aromatic heterocycles. The van der Waals surface area contributed by atoms with Gasteiger partial charge in [0.1, 0.15) is 0 Å². The maximum absolute atomic E-state index is 6.43. The number of hydrogen-bond acceptors (Lipinski definition) is 2. The Bertz CT molecular complexity index is 70.1. The lowest BCUT2D eigenvalue weighted by molar-refractivity contribution is -0.502. The summed E-state index contributed by atoms with van der Waals surface area (Å²) < 4.78 is 1.31. The van der Waals surface area contributed by atoms with Gasteiger partial charge in [-0.25, -0.2) is 5.84 Å². The molecule has 0 saturated heterocycles. The van der Waals surface area contributed by atoms with Crippen LogP contribution in [0.1, 0.15) is 0 Å². The third-order valence-corrected chi connectivity index (χ3v) is 0.310. The Kier molecular flexibility index (Phi) is 2.04. The summed E-state index contributed by atoms with van der Waals surface area (Å²) in [6.07, 6.45) is 2.57. The van der Waals surface area contributed by atoms with Crippen LogP contribution in [-0.2, 0) is 0 Å². The standard InChI is InChI=1S/C3H8N3/c1-6(5)3-2-4/h2-4H,5H2,1H3/q+1. The van der Waals surface area contributed by atoms with Crippen molar-refractivity contribution in [2.24, 2.45) is 5.84 Å². The molecule has 0 bridgehead atoms. The van der Waals surface area contributed by atoms with Crippen molar-refractivity contribution in [3.05, 3.63) is 0 Å². The van der Waals surface area contributed by atoms with E-state index in [9.17, 15) is 0 Å². The van der Waals surface area contributed by atoms with E-state index in [2.05, 4.69) is 0 Å². The van der Waals surface area contributed by atoms with Crippen molar-refractivity contribution in [1.29, 1.82) is 5.41 Å². The Morgan fingerprint density at radius 1 is 1.83 bits per heavy atom. The van der Waals surface area contributed by atoms with Crippen LogP contribution in [0.4, 0.5) is 0 Å². The van der Waals surface area contributed by atoms with Gasteiger partial charge in [-0.1, -0.05) is 0 Å². The molecule has 3 N–H and O–H groups in total. The first-order valence-corrected chi connectivity index (χ1v) is 1.59. The molecule has 6 heavy (non-hydrogen) atoms. The van der Waals surface area contributed by atoms with E-state index in [0.717, 1.165) is 6.21 Å². The minimum Gasteiger partial charge on any atom is -0.302 e. The Morgan fingerprint density at radius 3 is 2.33 bits per heavy atom. The lowest BCUT2D eigenvalue weighted by Crippen LogP contribution is -2.14. The lowest BCUT2D eigenvalue weighted by atomic mass is 10.8. The van der Waals surface area contributed by atoms with E-state index in [1.165, 1.54) is 10.9 Å². The van der Waals surface area contributed by atoms with E-state index in [1.54, 1.807) is 7.05 Å². The zero-order chi connectivity index (χ0) is 4.99. The van der Waals surface area contributed by atoms with Crippen molar-refractivity contribution in [1.82, 2.24) is 0 Å². The van der Waals surface area contributed by atoms with Crippen LogP contribution < -0.4 is 5.84 Å².